The van der Waals surface area contributed by atoms with Gasteiger partial charge in [-0.05, 0) is 68.6 Å². The molecular formula is C15H19FN2S. The first-order chi connectivity index (χ1) is 9.24. The fraction of sp³-hybridized carbons (Fsp3) is 0.400. The van der Waals surface area contributed by atoms with E-state index in [0.29, 0.717) is 5.11 Å². The van der Waals surface area contributed by atoms with Gasteiger partial charge in [0.15, 0.2) is 5.11 Å². The van der Waals surface area contributed by atoms with E-state index >= 15 is 0 Å². The van der Waals surface area contributed by atoms with Crippen molar-refractivity contribution in [2.24, 2.45) is 0 Å². The van der Waals surface area contributed by atoms with Gasteiger partial charge in [0.05, 0.1) is 0 Å². The van der Waals surface area contributed by atoms with E-state index in [1.54, 1.807) is 12.1 Å². The average Bonchev–Trinajstić information content (AvgIpc) is 2.43. The van der Waals surface area contributed by atoms with Gasteiger partial charge in [-0.2, -0.15) is 0 Å². The molecule has 0 bridgehead atoms. The van der Waals surface area contributed by atoms with Crippen molar-refractivity contribution < 1.29 is 4.39 Å². The highest BCUT2D eigenvalue weighted by Crippen LogP contribution is 2.19. The van der Waals surface area contributed by atoms with Crippen LogP contribution in [0.5, 0.6) is 0 Å². The number of halogens is 1. The molecule has 0 heterocycles. The van der Waals surface area contributed by atoms with Crippen molar-refractivity contribution in [2.75, 3.05) is 11.9 Å². The Morgan fingerprint density at radius 1 is 1.21 bits per heavy atom. The predicted molar refractivity (Wildman–Crippen MR) is 81.8 cm³/mol. The smallest absolute Gasteiger partial charge is 0.170 e. The summed E-state index contributed by atoms with van der Waals surface area (Å²) in [6, 6.07) is 6.18. The Hall–Kier alpha value is -1.42. The first-order valence-corrected chi connectivity index (χ1v) is 7.13. The Morgan fingerprint density at radius 3 is 2.68 bits per heavy atom. The molecule has 0 aromatic heterocycles. The zero-order valence-corrected chi connectivity index (χ0v) is 11.7. The van der Waals surface area contributed by atoms with Crippen molar-refractivity contribution in [3.05, 3.63) is 41.7 Å². The normalized spacial score (nSPS) is 14.7. The van der Waals surface area contributed by atoms with Gasteiger partial charge in [-0.1, -0.05) is 11.6 Å². The predicted octanol–water partition coefficient (Wildman–Crippen LogP) is 4.00. The Labute approximate surface area is 119 Å². The first-order valence-electron chi connectivity index (χ1n) is 6.72. The van der Waals surface area contributed by atoms with Crippen LogP contribution in [0.4, 0.5) is 10.1 Å². The molecule has 102 valence electrons. The Balaban J connectivity index is 1.69. The molecule has 2 rings (SSSR count). The maximum Gasteiger partial charge on any atom is 0.170 e. The van der Waals surface area contributed by atoms with Gasteiger partial charge in [0.2, 0.25) is 0 Å². The molecule has 1 aliphatic carbocycles. The molecular weight excluding hydrogens is 259 g/mol. The van der Waals surface area contributed by atoms with E-state index < -0.39 is 0 Å². The molecule has 0 aliphatic heterocycles. The SMILES string of the molecule is Fc1ccc(NC(=S)NCCC2=CCCCC2)cc1. The molecule has 4 heteroatoms. The number of rotatable bonds is 4. The minimum Gasteiger partial charge on any atom is -0.362 e. The number of thiocarbonyl (C=S) groups is 1. The maximum absolute atomic E-state index is 12.8. The van der Waals surface area contributed by atoms with Gasteiger partial charge in [0.1, 0.15) is 5.82 Å². The Bertz CT molecular complexity index is 454. The summed E-state index contributed by atoms with van der Waals surface area (Å²) < 4.78 is 12.8. The first kappa shape index (κ1) is 14.0. The largest absolute Gasteiger partial charge is 0.362 e. The molecule has 0 saturated carbocycles. The molecule has 1 aliphatic rings. The summed E-state index contributed by atoms with van der Waals surface area (Å²) in [7, 11) is 0. The maximum atomic E-state index is 12.8. The lowest BCUT2D eigenvalue weighted by atomic mass is 9.97. The summed E-state index contributed by atoms with van der Waals surface area (Å²) >= 11 is 5.20. The fourth-order valence-electron chi connectivity index (χ4n) is 2.18. The minimum atomic E-state index is -0.242. The highest BCUT2D eigenvalue weighted by atomic mass is 32.1. The van der Waals surface area contributed by atoms with Gasteiger partial charge >= 0.3 is 0 Å². The van der Waals surface area contributed by atoms with E-state index in [1.165, 1.54) is 43.4 Å². The van der Waals surface area contributed by atoms with Crippen molar-refractivity contribution in [3.63, 3.8) is 0 Å². The third kappa shape index (κ3) is 4.99. The van der Waals surface area contributed by atoms with Gasteiger partial charge < -0.3 is 10.6 Å². The molecule has 0 amide bonds. The molecule has 0 saturated heterocycles. The van der Waals surface area contributed by atoms with Crippen LogP contribution >= 0.6 is 12.2 Å². The van der Waals surface area contributed by atoms with E-state index in [-0.39, 0.29) is 5.82 Å². The number of nitrogens with one attached hydrogen (secondary N) is 2. The molecule has 19 heavy (non-hydrogen) atoms. The summed E-state index contributed by atoms with van der Waals surface area (Å²) in [5, 5.41) is 6.81. The van der Waals surface area contributed by atoms with Crippen molar-refractivity contribution in [1.29, 1.82) is 0 Å². The van der Waals surface area contributed by atoms with E-state index in [9.17, 15) is 4.39 Å². The summed E-state index contributed by atoms with van der Waals surface area (Å²) in [5.41, 5.74) is 2.33. The second-order valence-corrected chi connectivity index (χ2v) is 5.15. The summed E-state index contributed by atoms with van der Waals surface area (Å²) in [6.45, 7) is 0.846. The van der Waals surface area contributed by atoms with Crippen molar-refractivity contribution >= 4 is 23.0 Å². The highest BCUT2D eigenvalue weighted by Gasteiger charge is 2.03. The van der Waals surface area contributed by atoms with Crippen molar-refractivity contribution in [3.8, 4) is 0 Å². The van der Waals surface area contributed by atoms with Crippen LogP contribution in [0.15, 0.2) is 35.9 Å². The molecule has 0 radical (unpaired) electrons. The Kier molecular flexibility index (Phi) is 5.33. The van der Waals surface area contributed by atoms with Crippen LogP contribution in [-0.2, 0) is 0 Å². The molecule has 0 fully saturated rings. The Morgan fingerprint density at radius 2 is 2.00 bits per heavy atom. The second kappa shape index (κ2) is 7.24. The van der Waals surface area contributed by atoms with Crippen LogP contribution in [-0.4, -0.2) is 11.7 Å². The minimum absolute atomic E-state index is 0.242. The topological polar surface area (TPSA) is 24.1 Å². The third-order valence-electron chi connectivity index (χ3n) is 3.22. The van der Waals surface area contributed by atoms with Crippen LogP contribution in [0.2, 0.25) is 0 Å². The summed E-state index contributed by atoms with van der Waals surface area (Å²) in [6.07, 6.45) is 8.46. The lowest BCUT2D eigenvalue weighted by molar-refractivity contribution is 0.628. The van der Waals surface area contributed by atoms with Crippen molar-refractivity contribution in [2.45, 2.75) is 32.1 Å². The van der Waals surface area contributed by atoms with Gasteiger partial charge in [0.25, 0.3) is 0 Å². The summed E-state index contributed by atoms with van der Waals surface area (Å²) in [5.74, 6) is -0.242. The molecule has 0 unspecified atom stereocenters. The number of allylic oxidation sites excluding steroid dienone is 1. The lowest BCUT2D eigenvalue weighted by Crippen LogP contribution is -2.29. The zero-order chi connectivity index (χ0) is 13.5. The lowest BCUT2D eigenvalue weighted by Gasteiger charge is -2.14. The summed E-state index contributed by atoms with van der Waals surface area (Å²) in [4.78, 5) is 0. The molecule has 1 aromatic rings. The van der Waals surface area contributed by atoms with E-state index in [1.807, 2.05) is 0 Å². The van der Waals surface area contributed by atoms with E-state index in [2.05, 4.69) is 16.7 Å². The van der Waals surface area contributed by atoms with Crippen LogP contribution in [0, 0.1) is 5.82 Å². The van der Waals surface area contributed by atoms with Crippen LogP contribution in [0.25, 0.3) is 0 Å². The van der Waals surface area contributed by atoms with Gasteiger partial charge in [-0.3, -0.25) is 0 Å². The molecule has 1 aromatic carbocycles. The van der Waals surface area contributed by atoms with E-state index in [0.717, 1.165) is 18.7 Å². The van der Waals surface area contributed by atoms with Crippen molar-refractivity contribution in [1.82, 2.24) is 5.32 Å². The van der Waals surface area contributed by atoms with Crippen LogP contribution in [0.3, 0.4) is 0 Å². The molecule has 2 nitrogen and oxygen atoms in total. The van der Waals surface area contributed by atoms with Gasteiger partial charge in [-0.25, -0.2) is 4.39 Å². The molecule has 2 N–H and O–H groups in total. The third-order valence-corrected chi connectivity index (χ3v) is 3.47. The van der Waals surface area contributed by atoms with Gasteiger partial charge in [-0.15, -0.1) is 0 Å². The number of hydrogen-bond donors (Lipinski definition) is 2. The fourth-order valence-corrected chi connectivity index (χ4v) is 2.40. The highest BCUT2D eigenvalue weighted by molar-refractivity contribution is 7.80. The van der Waals surface area contributed by atoms with E-state index in [4.69, 9.17) is 12.2 Å². The average molecular weight is 278 g/mol. The monoisotopic (exact) mass is 278 g/mol. The molecule has 0 spiro atoms. The number of hydrogen-bond acceptors (Lipinski definition) is 1. The van der Waals surface area contributed by atoms with Crippen LogP contribution in [0.1, 0.15) is 32.1 Å². The number of benzene rings is 1. The molecule has 0 atom stereocenters. The van der Waals surface area contributed by atoms with Gasteiger partial charge in [0, 0.05) is 12.2 Å². The zero-order valence-electron chi connectivity index (χ0n) is 10.9. The second-order valence-electron chi connectivity index (χ2n) is 4.75. The quantitative estimate of drug-likeness (QED) is 0.643. The van der Waals surface area contributed by atoms with Crippen LogP contribution < -0.4 is 10.6 Å². The standard InChI is InChI=1S/C15H19FN2S/c16-13-6-8-14(9-7-13)18-15(19)17-11-10-12-4-2-1-3-5-12/h4,6-9H,1-3,5,10-11H2,(H2,17,18,19). The number of anilines is 1.